The summed E-state index contributed by atoms with van der Waals surface area (Å²) >= 11 is 0. The third-order valence-electron chi connectivity index (χ3n) is 7.46. The van der Waals surface area contributed by atoms with Crippen molar-refractivity contribution in [2.75, 3.05) is 0 Å². The van der Waals surface area contributed by atoms with Gasteiger partial charge in [0.2, 0.25) is 0 Å². The van der Waals surface area contributed by atoms with Crippen LogP contribution in [-0.2, 0) is 14.3 Å². The molecule has 4 heteroatoms. The highest BCUT2D eigenvalue weighted by molar-refractivity contribution is 5.66. The molecular formula is C22H36O4. The molecule has 26 heavy (non-hydrogen) atoms. The molecule has 2 aliphatic carbocycles. The topological polar surface area (TPSA) is 59.1 Å². The number of aliphatic hydroxyl groups is 1. The maximum Gasteiger partial charge on any atom is 0.303 e. The molecule has 0 aromatic rings. The zero-order chi connectivity index (χ0) is 19.3. The number of hydrogen-bond acceptors (Lipinski definition) is 4. The predicted molar refractivity (Wildman–Crippen MR) is 102 cm³/mol. The van der Waals surface area contributed by atoms with Crippen LogP contribution in [0.1, 0.15) is 79.6 Å². The van der Waals surface area contributed by atoms with Gasteiger partial charge in [-0.2, -0.15) is 0 Å². The molecule has 7 atom stereocenters. The fourth-order valence-corrected chi connectivity index (χ4v) is 5.23. The summed E-state index contributed by atoms with van der Waals surface area (Å²) in [6, 6.07) is 0. The molecule has 0 radical (unpaired) electrons. The third kappa shape index (κ3) is 4.01. The Morgan fingerprint density at radius 2 is 1.92 bits per heavy atom. The number of esters is 1. The van der Waals surface area contributed by atoms with Crippen molar-refractivity contribution < 1.29 is 19.4 Å². The van der Waals surface area contributed by atoms with E-state index in [1.807, 2.05) is 13.8 Å². The lowest BCUT2D eigenvalue weighted by Crippen LogP contribution is -2.34. The van der Waals surface area contributed by atoms with Crippen molar-refractivity contribution in [2.24, 2.45) is 17.3 Å². The van der Waals surface area contributed by atoms with E-state index in [1.165, 1.54) is 6.92 Å². The monoisotopic (exact) mass is 364 g/mol. The molecule has 3 fully saturated rings. The molecule has 4 nitrogen and oxygen atoms in total. The molecule has 1 N–H and O–H groups in total. The maximum atomic E-state index is 11.4. The molecule has 0 amide bonds. The van der Waals surface area contributed by atoms with Crippen LogP contribution in [0.15, 0.2) is 12.2 Å². The quantitative estimate of drug-likeness (QED) is 0.446. The van der Waals surface area contributed by atoms with Crippen LogP contribution in [0.25, 0.3) is 0 Å². The lowest BCUT2D eigenvalue weighted by molar-refractivity contribution is -0.145. The van der Waals surface area contributed by atoms with Gasteiger partial charge in [-0.15, -0.1) is 0 Å². The highest BCUT2D eigenvalue weighted by Gasteiger charge is 2.60. The van der Waals surface area contributed by atoms with Gasteiger partial charge in [0.15, 0.2) is 0 Å². The van der Waals surface area contributed by atoms with Crippen LogP contribution in [0, 0.1) is 17.3 Å². The van der Waals surface area contributed by atoms with Gasteiger partial charge in [0.1, 0.15) is 6.10 Å². The second kappa shape index (κ2) is 6.63. The van der Waals surface area contributed by atoms with E-state index in [0.717, 1.165) is 50.5 Å². The molecule has 0 aromatic heterocycles. The smallest absolute Gasteiger partial charge is 0.303 e. The fourth-order valence-electron chi connectivity index (χ4n) is 5.23. The van der Waals surface area contributed by atoms with Gasteiger partial charge in [-0.1, -0.05) is 13.5 Å². The first kappa shape index (κ1) is 19.9. The van der Waals surface area contributed by atoms with Crippen LogP contribution in [0.4, 0.5) is 0 Å². The van der Waals surface area contributed by atoms with Crippen LogP contribution < -0.4 is 0 Å². The maximum absolute atomic E-state index is 11.4. The number of fused-ring (bicyclic) bond motifs is 2. The van der Waals surface area contributed by atoms with Gasteiger partial charge in [0, 0.05) is 6.92 Å². The van der Waals surface area contributed by atoms with Crippen LogP contribution in [-0.4, -0.2) is 34.5 Å². The van der Waals surface area contributed by atoms with E-state index >= 15 is 0 Å². The van der Waals surface area contributed by atoms with Gasteiger partial charge in [0.05, 0.1) is 17.3 Å². The van der Waals surface area contributed by atoms with Crippen molar-refractivity contribution >= 4 is 5.97 Å². The fraction of sp³-hybridized carbons (Fsp3) is 0.864. The van der Waals surface area contributed by atoms with Crippen LogP contribution in [0.2, 0.25) is 0 Å². The van der Waals surface area contributed by atoms with E-state index in [2.05, 4.69) is 20.4 Å². The first-order chi connectivity index (χ1) is 12.0. The predicted octanol–water partition coefficient (Wildman–Crippen LogP) is 4.40. The largest absolute Gasteiger partial charge is 0.458 e. The standard InChI is InChI=1S/C22H36O4/c1-14(2)18(25-15(3)23)7-9-20(4)11-12-22(6)19(26-22)8-10-21(5,24)17-13-16(17)20/h16-19,24H,1,7-13H2,2-6H3/t16-,17-,18?,19-,20-,21-,22-/m0/s1. The summed E-state index contributed by atoms with van der Waals surface area (Å²) in [4.78, 5) is 11.4. The second-order valence-electron chi connectivity index (χ2n) is 9.90. The summed E-state index contributed by atoms with van der Waals surface area (Å²) in [5, 5.41) is 11.0. The molecule has 1 aliphatic heterocycles. The molecule has 3 aliphatic rings. The average Bonchev–Trinajstić information content (AvgIpc) is 3.42. The minimum Gasteiger partial charge on any atom is -0.458 e. The Kier molecular flexibility index (Phi) is 5.07. The molecule has 1 unspecified atom stereocenters. The van der Waals surface area contributed by atoms with Crippen LogP contribution >= 0.6 is 0 Å². The highest BCUT2D eigenvalue weighted by Crippen LogP contribution is 2.62. The summed E-state index contributed by atoms with van der Waals surface area (Å²) < 4.78 is 11.5. The molecule has 1 heterocycles. The Morgan fingerprint density at radius 1 is 1.23 bits per heavy atom. The van der Waals surface area contributed by atoms with Gasteiger partial charge in [-0.3, -0.25) is 4.79 Å². The molecule has 0 bridgehead atoms. The van der Waals surface area contributed by atoms with Gasteiger partial charge in [-0.25, -0.2) is 0 Å². The lowest BCUT2D eigenvalue weighted by atomic mass is 9.71. The van der Waals surface area contributed by atoms with E-state index in [9.17, 15) is 9.90 Å². The van der Waals surface area contributed by atoms with E-state index < -0.39 is 5.60 Å². The van der Waals surface area contributed by atoms with Crippen LogP contribution in [0.3, 0.4) is 0 Å². The molecule has 148 valence electrons. The normalized spacial score (nSPS) is 45.7. The summed E-state index contributed by atoms with van der Waals surface area (Å²) in [6.07, 6.45) is 6.95. The van der Waals surface area contributed by atoms with Crippen molar-refractivity contribution in [3.05, 3.63) is 12.2 Å². The minimum absolute atomic E-state index is 0.0112. The molecule has 2 saturated carbocycles. The van der Waals surface area contributed by atoms with Crippen molar-refractivity contribution in [1.82, 2.24) is 0 Å². The Balaban J connectivity index is 1.72. The lowest BCUT2D eigenvalue weighted by Gasteiger charge is -2.36. The third-order valence-corrected chi connectivity index (χ3v) is 7.46. The number of rotatable bonds is 5. The molecule has 0 spiro atoms. The first-order valence-corrected chi connectivity index (χ1v) is 10.2. The first-order valence-electron chi connectivity index (χ1n) is 10.2. The van der Waals surface area contributed by atoms with Crippen molar-refractivity contribution in [2.45, 2.75) is 103 Å². The van der Waals surface area contributed by atoms with E-state index in [1.54, 1.807) is 0 Å². The summed E-state index contributed by atoms with van der Waals surface area (Å²) in [5.74, 6) is 0.676. The molecule has 1 saturated heterocycles. The van der Waals surface area contributed by atoms with Crippen molar-refractivity contribution in [3.8, 4) is 0 Å². The Hall–Kier alpha value is -0.870. The highest BCUT2D eigenvalue weighted by atomic mass is 16.6. The van der Waals surface area contributed by atoms with Gasteiger partial charge < -0.3 is 14.6 Å². The number of ether oxygens (including phenoxy) is 2. The number of carbonyl (C=O) groups is 1. The van der Waals surface area contributed by atoms with Crippen LogP contribution in [0.5, 0.6) is 0 Å². The second-order valence-corrected chi connectivity index (χ2v) is 9.90. The summed E-state index contributed by atoms with van der Waals surface area (Å²) in [5.41, 5.74) is 0.433. The number of epoxide rings is 1. The Labute approximate surface area is 158 Å². The van der Waals surface area contributed by atoms with Crippen molar-refractivity contribution in [1.29, 1.82) is 0 Å². The van der Waals surface area contributed by atoms with E-state index in [4.69, 9.17) is 9.47 Å². The number of carbonyl (C=O) groups excluding carboxylic acids is 1. The minimum atomic E-state index is -0.597. The van der Waals surface area contributed by atoms with Gasteiger partial charge >= 0.3 is 5.97 Å². The molecule has 3 rings (SSSR count). The molecular weight excluding hydrogens is 328 g/mol. The van der Waals surface area contributed by atoms with Gasteiger partial charge in [0.25, 0.3) is 0 Å². The zero-order valence-corrected chi connectivity index (χ0v) is 17.1. The van der Waals surface area contributed by atoms with E-state index in [-0.39, 0.29) is 23.1 Å². The SMILES string of the molecule is C=C(C)C(CC[C@@]1(C)CC[C@]2(C)O[C@H]2CC[C@](C)(O)[C@H]2C[C@@H]21)OC(C)=O. The average molecular weight is 365 g/mol. The summed E-state index contributed by atoms with van der Waals surface area (Å²) in [7, 11) is 0. The van der Waals surface area contributed by atoms with Gasteiger partial charge in [-0.05, 0) is 88.5 Å². The number of hydrogen-bond donors (Lipinski definition) is 1. The molecule has 0 aromatic carbocycles. The van der Waals surface area contributed by atoms with Crippen molar-refractivity contribution in [3.63, 3.8) is 0 Å². The summed E-state index contributed by atoms with van der Waals surface area (Å²) in [6.45, 7) is 14.0. The Morgan fingerprint density at radius 3 is 2.54 bits per heavy atom. The Bertz CT molecular complexity index is 583. The zero-order valence-electron chi connectivity index (χ0n) is 17.1. The van der Waals surface area contributed by atoms with E-state index in [0.29, 0.717) is 17.9 Å².